The number of rotatable bonds is 8. The second-order valence-electron chi connectivity index (χ2n) is 7.48. The molecule has 1 atom stereocenters. The van der Waals surface area contributed by atoms with Gasteiger partial charge in [0.25, 0.3) is 5.89 Å². The van der Waals surface area contributed by atoms with E-state index in [2.05, 4.69) is 10.1 Å². The van der Waals surface area contributed by atoms with Gasteiger partial charge in [-0.2, -0.15) is 4.98 Å². The lowest BCUT2D eigenvalue weighted by atomic mass is 10.0. The molecule has 33 heavy (non-hydrogen) atoms. The normalized spacial score (nSPS) is 11.7. The van der Waals surface area contributed by atoms with E-state index in [4.69, 9.17) is 25.5 Å². The fraction of sp³-hybridized carbons (Fsp3) is 0.160. The lowest BCUT2D eigenvalue weighted by Gasteiger charge is -2.10. The summed E-state index contributed by atoms with van der Waals surface area (Å²) in [5.41, 5.74) is 15.3. The molecule has 4 aromatic rings. The summed E-state index contributed by atoms with van der Waals surface area (Å²) >= 11 is 0. The quantitative estimate of drug-likeness (QED) is 0.426. The lowest BCUT2D eigenvalue weighted by molar-refractivity contribution is -0.119. The average molecular weight is 444 g/mol. The minimum Gasteiger partial charge on any atom is -0.497 e. The summed E-state index contributed by atoms with van der Waals surface area (Å²) in [6.07, 6.45) is 0.368. The molecular weight excluding hydrogens is 420 g/mol. The predicted molar refractivity (Wildman–Crippen MR) is 125 cm³/mol. The van der Waals surface area contributed by atoms with Crippen LogP contribution in [0.4, 0.5) is 0 Å². The first-order valence-electron chi connectivity index (χ1n) is 10.3. The van der Waals surface area contributed by atoms with Gasteiger partial charge in [0.2, 0.25) is 11.7 Å². The zero-order chi connectivity index (χ0) is 23.4. The summed E-state index contributed by atoms with van der Waals surface area (Å²) in [6.45, 7) is 0. The standard InChI is InChI=1S/C25H24N4O4/c1-31-19-10-7-16(8-11-19)20-14-18(9-12-22(20)32-2)25-28-24(29-33-25)17-5-3-15(4-6-17)13-21(26)23(27)30/h3-12,14,21H,13,26H2,1-2H3,(H2,27,30)/t21-/m0/s1. The van der Waals surface area contributed by atoms with Crippen LogP contribution in [0.15, 0.2) is 71.3 Å². The highest BCUT2D eigenvalue weighted by Crippen LogP contribution is 2.35. The molecule has 3 aromatic carbocycles. The predicted octanol–water partition coefficient (Wildman–Crippen LogP) is 3.44. The Balaban J connectivity index is 1.60. The first-order chi connectivity index (χ1) is 16.0. The molecule has 0 aliphatic rings. The van der Waals surface area contributed by atoms with Crippen molar-refractivity contribution in [2.45, 2.75) is 12.5 Å². The van der Waals surface area contributed by atoms with E-state index in [1.807, 2.05) is 66.7 Å². The molecule has 0 bridgehead atoms. The highest BCUT2D eigenvalue weighted by atomic mass is 16.5. The number of ether oxygens (including phenoxy) is 2. The number of nitrogens with zero attached hydrogens (tertiary/aromatic N) is 2. The topological polar surface area (TPSA) is 126 Å². The molecule has 0 aliphatic carbocycles. The molecule has 8 heteroatoms. The fourth-order valence-corrected chi connectivity index (χ4v) is 3.44. The molecule has 0 fully saturated rings. The van der Waals surface area contributed by atoms with Crippen LogP contribution in [0.25, 0.3) is 34.0 Å². The molecule has 0 radical (unpaired) electrons. The molecule has 1 heterocycles. The van der Waals surface area contributed by atoms with Crippen LogP contribution in [-0.2, 0) is 11.2 Å². The number of carbonyl (C=O) groups is 1. The average Bonchev–Trinajstić information content (AvgIpc) is 3.34. The summed E-state index contributed by atoms with van der Waals surface area (Å²) in [7, 11) is 3.26. The summed E-state index contributed by atoms with van der Waals surface area (Å²) in [5, 5.41) is 4.12. The number of hydrogen-bond donors (Lipinski definition) is 2. The van der Waals surface area contributed by atoms with Gasteiger partial charge >= 0.3 is 0 Å². The van der Waals surface area contributed by atoms with Crippen LogP contribution in [0.1, 0.15) is 5.56 Å². The van der Waals surface area contributed by atoms with Gasteiger partial charge in [-0.05, 0) is 47.9 Å². The molecule has 168 valence electrons. The molecule has 1 aromatic heterocycles. The van der Waals surface area contributed by atoms with Gasteiger partial charge in [0.05, 0.1) is 20.3 Å². The van der Waals surface area contributed by atoms with E-state index in [-0.39, 0.29) is 0 Å². The van der Waals surface area contributed by atoms with Gasteiger partial charge in [0, 0.05) is 16.7 Å². The van der Waals surface area contributed by atoms with E-state index in [1.165, 1.54) is 0 Å². The lowest BCUT2D eigenvalue weighted by Crippen LogP contribution is -2.38. The minimum atomic E-state index is -0.720. The Morgan fingerprint density at radius 2 is 1.61 bits per heavy atom. The monoisotopic (exact) mass is 444 g/mol. The number of methoxy groups -OCH3 is 2. The van der Waals surface area contributed by atoms with Crippen molar-refractivity contribution in [1.29, 1.82) is 0 Å². The molecule has 0 spiro atoms. The largest absolute Gasteiger partial charge is 0.497 e. The van der Waals surface area contributed by atoms with Crippen molar-refractivity contribution in [1.82, 2.24) is 10.1 Å². The third kappa shape index (κ3) is 4.86. The summed E-state index contributed by atoms with van der Waals surface area (Å²) in [4.78, 5) is 15.7. The molecule has 0 aliphatic heterocycles. The molecule has 1 amide bonds. The number of nitrogens with two attached hydrogens (primary N) is 2. The van der Waals surface area contributed by atoms with Crippen LogP contribution in [-0.4, -0.2) is 36.3 Å². The Morgan fingerprint density at radius 3 is 2.24 bits per heavy atom. The highest BCUT2D eigenvalue weighted by Gasteiger charge is 2.15. The Morgan fingerprint density at radius 1 is 0.939 bits per heavy atom. The van der Waals surface area contributed by atoms with Crippen LogP contribution in [0.2, 0.25) is 0 Å². The van der Waals surface area contributed by atoms with E-state index in [0.29, 0.717) is 18.1 Å². The summed E-state index contributed by atoms with van der Waals surface area (Å²) in [6, 6.07) is 20.1. The van der Waals surface area contributed by atoms with Crippen molar-refractivity contribution in [2.24, 2.45) is 11.5 Å². The Kier molecular flexibility index (Phi) is 6.37. The van der Waals surface area contributed by atoms with Crippen LogP contribution in [0, 0.1) is 0 Å². The third-order valence-corrected chi connectivity index (χ3v) is 5.31. The zero-order valence-electron chi connectivity index (χ0n) is 18.3. The second kappa shape index (κ2) is 9.54. The molecule has 4 N–H and O–H groups in total. The number of primary amides is 1. The first-order valence-corrected chi connectivity index (χ1v) is 10.3. The van der Waals surface area contributed by atoms with E-state index >= 15 is 0 Å². The van der Waals surface area contributed by atoms with E-state index < -0.39 is 11.9 Å². The van der Waals surface area contributed by atoms with Gasteiger partial charge in [-0.25, -0.2) is 0 Å². The molecule has 0 saturated heterocycles. The molecule has 8 nitrogen and oxygen atoms in total. The van der Waals surface area contributed by atoms with Crippen molar-refractivity contribution in [2.75, 3.05) is 14.2 Å². The van der Waals surface area contributed by atoms with Crippen molar-refractivity contribution in [3.05, 3.63) is 72.3 Å². The molecule has 4 rings (SSSR count). The van der Waals surface area contributed by atoms with Crippen LogP contribution >= 0.6 is 0 Å². The van der Waals surface area contributed by atoms with Gasteiger partial charge in [-0.1, -0.05) is 41.6 Å². The van der Waals surface area contributed by atoms with E-state index in [1.54, 1.807) is 14.2 Å². The SMILES string of the molecule is COc1ccc(-c2cc(-c3nc(-c4ccc(C[C@H](N)C(N)=O)cc4)no3)ccc2OC)cc1. The van der Waals surface area contributed by atoms with Gasteiger partial charge in [-0.15, -0.1) is 0 Å². The Labute approximate surface area is 191 Å². The van der Waals surface area contributed by atoms with Crippen molar-refractivity contribution >= 4 is 5.91 Å². The number of carbonyl (C=O) groups excluding carboxylic acids is 1. The fourth-order valence-electron chi connectivity index (χ4n) is 3.44. The smallest absolute Gasteiger partial charge is 0.258 e. The van der Waals surface area contributed by atoms with Gasteiger partial charge in [-0.3, -0.25) is 4.79 Å². The number of hydrogen-bond acceptors (Lipinski definition) is 7. The molecular formula is C25H24N4O4. The Bertz CT molecular complexity index is 1250. The van der Waals surface area contributed by atoms with Gasteiger partial charge in [0.15, 0.2) is 0 Å². The number of aromatic nitrogens is 2. The second-order valence-corrected chi connectivity index (χ2v) is 7.48. The maximum atomic E-state index is 11.2. The number of amides is 1. The van der Waals surface area contributed by atoms with Crippen LogP contribution in [0.5, 0.6) is 11.5 Å². The summed E-state index contributed by atoms with van der Waals surface area (Å²) < 4.78 is 16.3. The molecule has 0 unspecified atom stereocenters. The third-order valence-electron chi connectivity index (χ3n) is 5.31. The summed E-state index contributed by atoms with van der Waals surface area (Å²) in [5.74, 6) is 1.82. The van der Waals surface area contributed by atoms with Crippen LogP contribution < -0.4 is 20.9 Å². The van der Waals surface area contributed by atoms with Crippen molar-refractivity contribution in [3.8, 4) is 45.5 Å². The first kappa shape index (κ1) is 22.0. The zero-order valence-corrected chi connectivity index (χ0v) is 18.3. The highest BCUT2D eigenvalue weighted by molar-refractivity contribution is 5.80. The Hall–Kier alpha value is -4.17. The maximum absolute atomic E-state index is 11.2. The van der Waals surface area contributed by atoms with Gasteiger partial charge in [0.1, 0.15) is 11.5 Å². The van der Waals surface area contributed by atoms with Crippen molar-refractivity contribution < 1.29 is 18.8 Å². The maximum Gasteiger partial charge on any atom is 0.258 e. The number of benzene rings is 3. The van der Waals surface area contributed by atoms with Crippen molar-refractivity contribution in [3.63, 3.8) is 0 Å². The minimum absolute atomic E-state index is 0.368. The van der Waals surface area contributed by atoms with Gasteiger partial charge < -0.3 is 25.5 Å². The molecule has 0 saturated carbocycles. The van der Waals surface area contributed by atoms with E-state index in [0.717, 1.165) is 39.3 Å². The van der Waals surface area contributed by atoms with E-state index in [9.17, 15) is 4.79 Å². The van der Waals surface area contributed by atoms with Crippen LogP contribution in [0.3, 0.4) is 0 Å².